The number of nitrogens with zero attached hydrogens (tertiary/aromatic N) is 1. The molecule has 6 nitrogen and oxygen atoms in total. The van der Waals surface area contributed by atoms with E-state index < -0.39 is 5.97 Å². The minimum atomic E-state index is -0.569. The van der Waals surface area contributed by atoms with Gasteiger partial charge < -0.3 is 18.7 Å². The summed E-state index contributed by atoms with van der Waals surface area (Å²) in [6, 6.07) is 11.7. The van der Waals surface area contributed by atoms with Crippen molar-refractivity contribution in [3.05, 3.63) is 63.8 Å². The lowest BCUT2D eigenvalue weighted by Gasteiger charge is -2.18. The van der Waals surface area contributed by atoms with Gasteiger partial charge in [-0.15, -0.1) is 0 Å². The number of benzene rings is 2. The molecule has 4 rings (SSSR count). The predicted molar refractivity (Wildman–Crippen MR) is 98.5 cm³/mol. The summed E-state index contributed by atoms with van der Waals surface area (Å²) in [5, 5.41) is 4.60. The molecule has 138 valence electrons. The molecule has 8 heteroatoms. The zero-order chi connectivity index (χ0) is 18.8. The number of hydrogen-bond donors (Lipinski definition) is 0. The van der Waals surface area contributed by atoms with Crippen molar-refractivity contribution in [3.63, 3.8) is 0 Å². The molecule has 0 atom stereocenters. The maximum Gasteiger partial charge on any atom is 0.340 e. The highest BCUT2D eigenvalue weighted by Crippen LogP contribution is 2.34. The Morgan fingerprint density at radius 1 is 1.04 bits per heavy atom. The van der Waals surface area contributed by atoms with Crippen LogP contribution in [0.25, 0.3) is 11.3 Å². The van der Waals surface area contributed by atoms with Gasteiger partial charge in [0.2, 0.25) is 0 Å². The van der Waals surface area contributed by atoms with Gasteiger partial charge in [-0.3, -0.25) is 0 Å². The normalized spacial score (nSPS) is 12.7. The van der Waals surface area contributed by atoms with Crippen molar-refractivity contribution in [2.45, 2.75) is 6.61 Å². The van der Waals surface area contributed by atoms with E-state index in [1.807, 2.05) is 18.2 Å². The van der Waals surface area contributed by atoms with Crippen LogP contribution < -0.4 is 9.47 Å². The van der Waals surface area contributed by atoms with E-state index in [2.05, 4.69) is 5.16 Å². The van der Waals surface area contributed by atoms with Crippen molar-refractivity contribution in [1.82, 2.24) is 5.16 Å². The molecule has 1 aliphatic rings. The Kier molecular flexibility index (Phi) is 4.92. The predicted octanol–water partition coefficient (Wildman–Crippen LogP) is 4.78. The third kappa shape index (κ3) is 3.86. The summed E-state index contributed by atoms with van der Waals surface area (Å²) in [6.07, 6.45) is 0. The smallest absolute Gasteiger partial charge is 0.340 e. The van der Waals surface area contributed by atoms with E-state index in [1.165, 1.54) is 12.1 Å². The molecule has 0 unspecified atom stereocenters. The molecule has 0 amide bonds. The fourth-order valence-electron chi connectivity index (χ4n) is 2.58. The second-order valence-electron chi connectivity index (χ2n) is 5.74. The Balaban J connectivity index is 1.44. The average Bonchev–Trinajstić information content (AvgIpc) is 3.15. The van der Waals surface area contributed by atoms with E-state index in [1.54, 1.807) is 12.1 Å². The van der Waals surface area contributed by atoms with Crippen molar-refractivity contribution in [3.8, 4) is 22.8 Å². The molecular formula is C19H13Cl2NO5. The first-order valence-electron chi connectivity index (χ1n) is 8.08. The van der Waals surface area contributed by atoms with E-state index in [4.69, 9.17) is 41.9 Å². The van der Waals surface area contributed by atoms with Crippen molar-refractivity contribution in [2.75, 3.05) is 13.2 Å². The van der Waals surface area contributed by atoms with Crippen LogP contribution in [0.5, 0.6) is 11.5 Å². The molecule has 0 saturated carbocycles. The first-order chi connectivity index (χ1) is 13.1. The number of hydrogen-bond acceptors (Lipinski definition) is 6. The van der Waals surface area contributed by atoms with E-state index >= 15 is 0 Å². The van der Waals surface area contributed by atoms with Gasteiger partial charge in [-0.05, 0) is 36.4 Å². The van der Waals surface area contributed by atoms with Crippen molar-refractivity contribution in [1.29, 1.82) is 0 Å². The molecule has 0 fully saturated rings. The molecular weight excluding hydrogens is 393 g/mol. The number of carbonyl (C=O) groups is 1. The zero-order valence-corrected chi connectivity index (χ0v) is 15.4. The van der Waals surface area contributed by atoms with Crippen molar-refractivity contribution in [2.24, 2.45) is 0 Å². The van der Waals surface area contributed by atoms with Crippen LogP contribution in [0.3, 0.4) is 0 Å². The molecule has 0 radical (unpaired) electrons. The summed E-state index contributed by atoms with van der Waals surface area (Å²) in [5.41, 5.74) is 1.49. The summed E-state index contributed by atoms with van der Waals surface area (Å²) in [4.78, 5) is 12.1. The molecule has 1 aliphatic heterocycles. The summed E-state index contributed by atoms with van der Waals surface area (Å²) >= 11 is 11.8. The SMILES string of the molecule is O=C(OCc1cc(-c2ccc3c(c2)OCCO3)on1)c1ccc(Cl)cc1Cl. The van der Waals surface area contributed by atoms with E-state index in [9.17, 15) is 4.79 Å². The van der Waals surface area contributed by atoms with Crippen LogP contribution >= 0.6 is 23.2 Å². The minimum Gasteiger partial charge on any atom is -0.486 e. The summed E-state index contributed by atoms with van der Waals surface area (Å²) in [7, 11) is 0. The number of fused-ring (bicyclic) bond motifs is 1. The highest BCUT2D eigenvalue weighted by atomic mass is 35.5. The molecule has 0 bridgehead atoms. The Labute approximate surface area is 164 Å². The lowest BCUT2D eigenvalue weighted by molar-refractivity contribution is 0.0464. The van der Waals surface area contributed by atoms with Crippen LogP contribution in [0, 0.1) is 0 Å². The first-order valence-corrected chi connectivity index (χ1v) is 8.83. The second-order valence-corrected chi connectivity index (χ2v) is 6.58. The zero-order valence-electron chi connectivity index (χ0n) is 13.9. The van der Waals surface area contributed by atoms with Crippen LogP contribution in [0.15, 0.2) is 47.0 Å². The Morgan fingerprint density at radius 3 is 2.67 bits per heavy atom. The largest absolute Gasteiger partial charge is 0.486 e. The van der Waals surface area contributed by atoms with Crippen LogP contribution in [0.1, 0.15) is 16.1 Å². The molecule has 0 aliphatic carbocycles. The molecule has 27 heavy (non-hydrogen) atoms. The fraction of sp³-hybridized carbons (Fsp3) is 0.158. The Hall–Kier alpha value is -2.70. The molecule has 0 N–H and O–H groups in total. The summed E-state index contributed by atoms with van der Waals surface area (Å²) in [6.45, 7) is 0.981. The molecule has 0 spiro atoms. The standard InChI is InChI=1S/C19H13Cl2NO5/c20-12-2-3-14(15(21)8-12)19(23)26-10-13-9-17(27-22-13)11-1-4-16-18(7-11)25-6-5-24-16/h1-4,7-9H,5-6,10H2. The number of esters is 1. The van der Waals surface area contributed by atoms with Gasteiger partial charge in [0.05, 0.1) is 10.6 Å². The molecule has 2 heterocycles. The highest BCUT2D eigenvalue weighted by molar-refractivity contribution is 6.36. The van der Waals surface area contributed by atoms with Crippen LogP contribution in [-0.4, -0.2) is 24.3 Å². The topological polar surface area (TPSA) is 70.8 Å². The minimum absolute atomic E-state index is 0.0498. The number of halogens is 2. The molecule has 1 aromatic heterocycles. The van der Waals surface area contributed by atoms with E-state index in [0.717, 1.165) is 5.56 Å². The van der Waals surface area contributed by atoms with Gasteiger partial charge in [-0.2, -0.15) is 0 Å². The Bertz CT molecular complexity index is 1000. The van der Waals surface area contributed by atoms with Gasteiger partial charge in [-0.1, -0.05) is 28.4 Å². The first kappa shape index (κ1) is 17.7. The molecule has 0 saturated heterocycles. The summed E-state index contributed by atoms with van der Waals surface area (Å²) in [5.74, 6) is 1.31. The van der Waals surface area contributed by atoms with Gasteiger partial charge in [0.15, 0.2) is 17.3 Å². The number of ether oxygens (including phenoxy) is 3. The molecule has 2 aromatic carbocycles. The van der Waals surface area contributed by atoms with E-state index in [0.29, 0.717) is 41.2 Å². The van der Waals surface area contributed by atoms with Crippen LogP contribution in [0.4, 0.5) is 0 Å². The van der Waals surface area contributed by atoms with Gasteiger partial charge >= 0.3 is 5.97 Å². The number of aromatic nitrogens is 1. The average molecular weight is 406 g/mol. The highest BCUT2D eigenvalue weighted by Gasteiger charge is 2.16. The van der Waals surface area contributed by atoms with Gasteiger partial charge in [0.1, 0.15) is 25.5 Å². The maximum atomic E-state index is 12.1. The van der Waals surface area contributed by atoms with Crippen LogP contribution in [-0.2, 0) is 11.3 Å². The Morgan fingerprint density at radius 2 is 1.85 bits per heavy atom. The lowest BCUT2D eigenvalue weighted by Crippen LogP contribution is -2.15. The third-order valence-corrected chi connectivity index (χ3v) is 4.44. The summed E-state index contributed by atoms with van der Waals surface area (Å²) < 4.78 is 21.6. The molecule has 3 aromatic rings. The van der Waals surface area contributed by atoms with Crippen molar-refractivity contribution >= 4 is 29.2 Å². The van der Waals surface area contributed by atoms with E-state index in [-0.39, 0.29) is 17.2 Å². The van der Waals surface area contributed by atoms with Gasteiger partial charge in [0.25, 0.3) is 0 Å². The monoisotopic (exact) mass is 405 g/mol. The van der Waals surface area contributed by atoms with Gasteiger partial charge in [-0.25, -0.2) is 4.79 Å². The van der Waals surface area contributed by atoms with Crippen molar-refractivity contribution < 1.29 is 23.5 Å². The maximum absolute atomic E-state index is 12.1. The lowest BCUT2D eigenvalue weighted by atomic mass is 10.1. The second kappa shape index (κ2) is 7.50. The number of carbonyl (C=O) groups excluding carboxylic acids is 1. The number of rotatable bonds is 4. The van der Waals surface area contributed by atoms with Gasteiger partial charge in [0, 0.05) is 16.7 Å². The van der Waals surface area contributed by atoms with Crippen LogP contribution in [0.2, 0.25) is 10.0 Å². The fourth-order valence-corrected chi connectivity index (χ4v) is 3.07. The third-order valence-electron chi connectivity index (χ3n) is 3.89. The quantitative estimate of drug-likeness (QED) is 0.581.